The van der Waals surface area contributed by atoms with E-state index in [1.807, 2.05) is 48.5 Å². The molecule has 2 N–H and O–H groups in total. The molecule has 0 saturated heterocycles. The number of hydrogen-bond acceptors (Lipinski definition) is 4. The van der Waals surface area contributed by atoms with Crippen molar-refractivity contribution in [2.45, 2.75) is 44.3 Å². The predicted molar refractivity (Wildman–Crippen MR) is 122 cm³/mol. The van der Waals surface area contributed by atoms with Gasteiger partial charge in [-0.05, 0) is 28.7 Å². The van der Waals surface area contributed by atoms with Crippen molar-refractivity contribution >= 4 is 18.0 Å². The highest BCUT2D eigenvalue weighted by Gasteiger charge is 2.35. The number of nitrogens with zero attached hydrogens (tertiary/aromatic N) is 1. The van der Waals surface area contributed by atoms with Crippen LogP contribution in [0.2, 0.25) is 0 Å². The summed E-state index contributed by atoms with van der Waals surface area (Å²) >= 11 is 0. The Kier molecular flexibility index (Phi) is 8.37. The fourth-order valence-electron chi connectivity index (χ4n) is 4.33. The standard InChI is InChI=1S/C25H27F3N2O5/c1-2-7-16(12-22(31)30(13-23(32)33)15-25(26,27)28)29-24(34)35-14-21-19-10-5-3-8-17(19)18-9-4-6-11-20(18)21/h3-6,8-11,16,21H,2,7,12-15H2,1H3,(H,29,34)(H,32,33). The maximum absolute atomic E-state index is 12.8. The number of nitrogens with one attached hydrogen (secondary N) is 1. The number of carboxylic acid groups (broad SMARTS) is 1. The molecule has 0 spiro atoms. The van der Waals surface area contributed by atoms with Crippen LogP contribution in [0.25, 0.3) is 11.1 Å². The summed E-state index contributed by atoms with van der Waals surface area (Å²) in [5.74, 6) is -2.74. The number of amides is 2. The van der Waals surface area contributed by atoms with E-state index in [1.165, 1.54) is 0 Å². The molecule has 0 aromatic heterocycles. The summed E-state index contributed by atoms with van der Waals surface area (Å²) < 4.78 is 43.8. The van der Waals surface area contributed by atoms with E-state index in [4.69, 9.17) is 9.84 Å². The molecule has 0 fully saturated rings. The van der Waals surface area contributed by atoms with Gasteiger partial charge in [-0.25, -0.2) is 4.79 Å². The highest BCUT2D eigenvalue weighted by Crippen LogP contribution is 2.44. The lowest BCUT2D eigenvalue weighted by atomic mass is 9.98. The Balaban J connectivity index is 1.63. The van der Waals surface area contributed by atoms with Crippen molar-refractivity contribution in [2.75, 3.05) is 19.7 Å². The molecule has 1 aliphatic rings. The zero-order valence-electron chi connectivity index (χ0n) is 19.2. The van der Waals surface area contributed by atoms with Crippen molar-refractivity contribution in [1.82, 2.24) is 10.2 Å². The number of halogens is 3. The van der Waals surface area contributed by atoms with E-state index < -0.39 is 49.7 Å². The SMILES string of the molecule is CCCC(CC(=O)N(CC(=O)O)CC(F)(F)F)NC(=O)OCC1c2ccccc2-c2ccccc21. The molecular formula is C25H27F3N2O5. The largest absolute Gasteiger partial charge is 0.480 e. The molecule has 0 heterocycles. The van der Waals surface area contributed by atoms with Gasteiger partial charge in [0.2, 0.25) is 5.91 Å². The predicted octanol–water partition coefficient (Wildman–Crippen LogP) is 4.56. The van der Waals surface area contributed by atoms with Crippen LogP contribution in [0, 0.1) is 0 Å². The first-order chi connectivity index (χ1) is 16.6. The third kappa shape index (κ3) is 6.97. The quantitative estimate of drug-likeness (QED) is 0.507. The van der Waals surface area contributed by atoms with Crippen LogP contribution < -0.4 is 5.32 Å². The first-order valence-corrected chi connectivity index (χ1v) is 11.3. The van der Waals surface area contributed by atoms with Crippen LogP contribution >= 0.6 is 0 Å². The lowest BCUT2D eigenvalue weighted by Gasteiger charge is -2.25. The zero-order valence-corrected chi connectivity index (χ0v) is 19.2. The van der Waals surface area contributed by atoms with Gasteiger partial charge in [-0.15, -0.1) is 0 Å². The second kappa shape index (κ2) is 11.2. The highest BCUT2D eigenvalue weighted by atomic mass is 19.4. The summed E-state index contributed by atoms with van der Waals surface area (Å²) in [4.78, 5) is 36.1. The van der Waals surface area contributed by atoms with E-state index in [1.54, 1.807) is 6.92 Å². The third-order valence-corrected chi connectivity index (χ3v) is 5.77. The summed E-state index contributed by atoms with van der Waals surface area (Å²) in [5.41, 5.74) is 4.18. The summed E-state index contributed by atoms with van der Waals surface area (Å²) in [7, 11) is 0. The zero-order chi connectivity index (χ0) is 25.6. The molecule has 0 radical (unpaired) electrons. The molecule has 0 bridgehead atoms. The lowest BCUT2D eigenvalue weighted by molar-refractivity contribution is -0.166. The minimum absolute atomic E-state index is 0.0475. The molecule has 2 aromatic carbocycles. The number of ether oxygens (including phenoxy) is 1. The molecule has 2 amide bonds. The Morgan fingerprint density at radius 2 is 1.63 bits per heavy atom. The minimum Gasteiger partial charge on any atom is -0.480 e. The molecule has 0 aliphatic heterocycles. The summed E-state index contributed by atoms with van der Waals surface area (Å²) in [5, 5.41) is 11.4. The van der Waals surface area contributed by atoms with E-state index in [-0.39, 0.29) is 17.4 Å². The molecule has 188 valence electrons. The molecule has 0 saturated carbocycles. The molecule has 3 rings (SSSR count). The second-order valence-electron chi connectivity index (χ2n) is 8.42. The summed E-state index contributed by atoms with van der Waals surface area (Å²) in [6.07, 6.45) is -5.16. The summed E-state index contributed by atoms with van der Waals surface area (Å²) in [6, 6.07) is 14.8. The second-order valence-corrected chi connectivity index (χ2v) is 8.42. The van der Waals surface area contributed by atoms with Gasteiger partial charge in [0.25, 0.3) is 0 Å². The summed E-state index contributed by atoms with van der Waals surface area (Å²) in [6.45, 7) is -0.919. The van der Waals surface area contributed by atoms with Crippen molar-refractivity contribution in [3.8, 4) is 11.1 Å². The van der Waals surface area contributed by atoms with Crippen molar-refractivity contribution < 1.29 is 37.4 Å². The fourth-order valence-corrected chi connectivity index (χ4v) is 4.33. The first-order valence-electron chi connectivity index (χ1n) is 11.3. The first kappa shape index (κ1) is 26.1. The molecule has 35 heavy (non-hydrogen) atoms. The van der Waals surface area contributed by atoms with E-state index in [0.717, 1.165) is 22.3 Å². The van der Waals surface area contributed by atoms with Crippen molar-refractivity contribution in [3.05, 3.63) is 59.7 Å². The molecule has 7 nitrogen and oxygen atoms in total. The van der Waals surface area contributed by atoms with Gasteiger partial charge in [0.15, 0.2) is 0 Å². The number of benzene rings is 2. The Hall–Kier alpha value is -3.56. The maximum atomic E-state index is 12.8. The third-order valence-electron chi connectivity index (χ3n) is 5.77. The van der Waals surface area contributed by atoms with E-state index in [9.17, 15) is 27.6 Å². The molecule has 1 unspecified atom stereocenters. The Labute approximate surface area is 200 Å². The van der Waals surface area contributed by atoms with E-state index in [2.05, 4.69) is 5.32 Å². The number of hydrogen-bond donors (Lipinski definition) is 2. The topological polar surface area (TPSA) is 95.9 Å². The highest BCUT2D eigenvalue weighted by molar-refractivity contribution is 5.82. The molecule has 1 atom stereocenters. The number of alkyl halides is 3. The number of alkyl carbamates (subject to hydrolysis) is 1. The van der Waals surface area contributed by atoms with Crippen molar-refractivity contribution in [2.24, 2.45) is 0 Å². The van der Waals surface area contributed by atoms with Crippen molar-refractivity contribution in [3.63, 3.8) is 0 Å². The van der Waals surface area contributed by atoms with Crippen molar-refractivity contribution in [1.29, 1.82) is 0 Å². The number of fused-ring (bicyclic) bond motifs is 3. The number of carboxylic acids is 1. The minimum atomic E-state index is -4.74. The smallest absolute Gasteiger partial charge is 0.407 e. The molecular weight excluding hydrogens is 465 g/mol. The number of carbonyl (C=O) groups excluding carboxylic acids is 2. The van der Waals surface area contributed by atoms with Crippen LogP contribution in [0.1, 0.15) is 43.2 Å². The molecule has 1 aliphatic carbocycles. The van der Waals surface area contributed by atoms with Crippen LogP contribution in [0.15, 0.2) is 48.5 Å². The Morgan fingerprint density at radius 3 is 2.14 bits per heavy atom. The van der Waals surface area contributed by atoms with Gasteiger partial charge in [0.1, 0.15) is 19.7 Å². The van der Waals surface area contributed by atoms with Crippen LogP contribution in [0.4, 0.5) is 18.0 Å². The van der Waals surface area contributed by atoms with Gasteiger partial charge in [0.05, 0.1) is 0 Å². The van der Waals surface area contributed by atoms with Gasteiger partial charge in [-0.2, -0.15) is 13.2 Å². The maximum Gasteiger partial charge on any atom is 0.407 e. The van der Waals surface area contributed by atoms with Crippen LogP contribution in [-0.2, 0) is 14.3 Å². The van der Waals surface area contributed by atoms with Crippen LogP contribution in [0.3, 0.4) is 0 Å². The normalized spacial score (nSPS) is 13.5. The molecule has 10 heteroatoms. The Morgan fingerprint density at radius 1 is 1.06 bits per heavy atom. The van der Waals surface area contributed by atoms with Gasteiger partial charge in [-0.3, -0.25) is 9.59 Å². The van der Waals surface area contributed by atoms with Gasteiger partial charge in [-0.1, -0.05) is 61.9 Å². The van der Waals surface area contributed by atoms with Gasteiger partial charge in [0, 0.05) is 18.4 Å². The number of carbonyl (C=O) groups is 3. The average Bonchev–Trinajstić information content (AvgIpc) is 3.10. The number of rotatable bonds is 10. The van der Waals surface area contributed by atoms with Crippen LogP contribution in [0.5, 0.6) is 0 Å². The molecule has 2 aromatic rings. The van der Waals surface area contributed by atoms with Crippen LogP contribution in [-0.4, -0.2) is 59.9 Å². The van der Waals surface area contributed by atoms with E-state index >= 15 is 0 Å². The average molecular weight is 492 g/mol. The lowest BCUT2D eigenvalue weighted by Crippen LogP contribution is -2.45. The Bertz CT molecular complexity index is 1030. The monoisotopic (exact) mass is 492 g/mol. The fraction of sp³-hybridized carbons (Fsp3) is 0.400. The van der Waals surface area contributed by atoms with Gasteiger partial charge >= 0.3 is 18.2 Å². The number of aliphatic carboxylic acids is 1. The van der Waals surface area contributed by atoms with E-state index in [0.29, 0.717) is 12.8 Å². The van der Waals surface area contributed by atoms with Gasteiger partial charge < -0.3 is 20.1 Å².